The number of aryl methyl sites for hydroxylation is 2. The smallest absolute Gasteiger partial charge is 0.151 e. The predicted octanol–water partition coefficient (Wildman–Crippen LogP) is 3.08. The standard InChI is InChI=1S/C14H19ClN2O2S/c1-4-20(18,19)9-8-17-13-10(2)6-5-7-12(13)16-14(17)11(3)15/h5-7,11H,4,8-9H2,1-3H3. The molecular formula is C14H19ClN2O2S. The van der Waals surface area contributed by atoms with E-state index in [-0.39, 0.29) is 16.9 Å². The molecule has 0 saturated carbocycles. The van der Waals surface area contributed by atoms with E-state index in [0.717, 1.165) is 22.4 Å². The fraction of sp³-hybridized carbons (Fsp3) is 0.500. The molecule has 0 spiro atoms. The minimum atomic E-state index is -3.01. The van der Waals surface area contributed by atoms with Crippen LogP contribution in [0, 0.1) is 6.92 Å². The maximum Gasteiger partial charge on any atom is 0.151 e. The third-order valence-corrected chi connectivity index (χ3v) is 5.30. The number of benzene rings is 1. The first-order valence-electron chi connectivity index (χ1n) is 6.66. The molecule has 1 aromatic carbocycles. The maximum absolute atomic E-state index is 11.7. The van der Waals surface area contributed by atoms with Crippen LogP contribution in [0.5, 0.6) is 0 Å². The molecule has 1 heterocycles. The van der Waals surface area contributed by atoms with Crippen molar-refractivity contribution < 1.29 is 8.42 Å². The zero-order valence-electron chi connectivity index (χ0n) is 11.9. The number of imidazole rings is 1. The summed E-state index contributed by atoms with van der Waals surface area (Å²) in [7, 11) is -3.01. The van der Waals surface area contributed by atoms with Crippen molar-refractivity contribution in [2.75, 3.05) is 11.5 Å². The number of hydrogen-bond acceptors (Lipinski definition) is 3. The number of halogens is 1. The molecule has 2 aromatic rings. The molecule has 0 aliphatic heterocycles. The van der Waals surface area contributed by atoms with Crippen molar-refractivity contribution in [2.24, 2.45) is 0 Å². The summed E-state index contributed by atoms with van der Waals surface area (Å²) in [5, 5.41) is -0.258. The normalized spacial score (nSPS) is 13.8. The highest BCUT2D eigenvalue weighted by Gasteiger charge is 2.18. The van der Waals surface area contributed by atoms with Crippen molar-refractivity contribution >= 4 is 32.5 Å². The number of alkyl halides is 1. The molecule has 6 heteroatoms. The number of para-hydroxylation sites is 1. The lowest BCUT2D eigenvalue weighted by molar-refractivity contribution is 0.589. The van der Waals surface area contributed by atoms with Gasteiger partial charge in [0.25, 0.3) is 0 Å². The molecule has 0 radical (unpaired) electrons. The van der Waals surface area contributed by atoms with Crippen molar-refractivity contribution in [3.05, 3.63) is 29.6 Å². The monoisotopic (exact) mass is 314 g/mol. The summed E-state index contributed by atoms with van der Waals surface area (Å²) in [5.41, 5.74) is 2.91. The van der Waals surface area contributed by atoms with E-state index in [2.05, 4.69) is 4.98 Å². The van der Waals surface area contributed by atoms with Gasteiger partial charge >= 0.3 is 0 Å². The second-order valence-electron chi connectivity index (χ2n) is 4.92. The first kappa shape index (κ1) is 15.3. The molecule has 0 aliphatic carbocycles. The minimum absolute atomic E-state index is 0.111. The zero-order valence-corrected chi connectivity index (χ0v) is 13.5. The number of nitrogens with zero attached hydrogens (tertiary/aromatic N) is 2. The van der Waals surface area contributed by atoms with E-state index in [1.807, 2.05) is 36.6 Å². The fourth-order valence-corrected chi connectivity index (χ4v) is 3.20. The first-order valence-corrected chi connectivity index (χ1v) is 8.91. The number of sulfone groups is 1. The Labute approximate surface area is 124 Å². The average Bonchev–Trinajstić information content (AvgIpc) is 2.77. The summed E-state index contributed by atoms with van der Waals surface area (Å²) in [6.07, 6.45) is 0. The van der Waals surface area contributed by atoms with Gasteiger partial charge in [0, 0.05) is 12.3 Å². The van der Waals surface area contributed by atoms with E-state index in [1.54, 1.807) is 6.92 Å². The topological polar surface area (TPSA) is 52.0 Å². The van der Waals surface area contributed by atoms with E-state index in [9.17, 15) is 8.42 Å². The Kier molecular flexibility index (Phi) is 4.39. The van der Waals surface area contributed by atoms with E-state index in [0.29, 0.717) is 6.54 Å². The largest absolute Gasteiger partial charge is 0.325 e. The highest BCUT2D eigenvalue weighted by atomic mass is 35.5. The zero-order chi connectivity index (χ0) is 14.9. The SMILES string of the molecule is CCS(=O)(=O)CCn1c(C(C)Cl)nc2cccc(C)c21. The second kappa shape index (κ2) is 5.74. The van der Waals surface area contributed by atoms with Crippen LogP contribution in [0.1, 0.15) is 30.6 Å². The van der Waals surface area contributed by atoms with Crippen molar-refractivity contribution in [3.8, 4) is 0 Å². The lowest BCUT2D eigenvalue weighted by atomic mass is 10.2. The second-order valence-corrected chi connectivity index (χ2v) is 8.04. The predicted molar refractivity (Wildman–Crippen MR) is 83.1 cm³/mol. The Morgan fingerprint density at radius 2 is 2.10 bits per heavy atom. The maximum atomic E-state index is 11.7. The van der Waals surface area contributed by atoms with E-state index < -0.39 is 9.84 Å². The minimum Gasteiger partial charge on any atom is -0.325 e. The Hall–Kier alpha value is -1.07. The molecule has 0 bridgehead atoms. The van der Waals surface area contributed by atoms with Gasteiger partial charge in [-0.2, -0.15) is 0 Å². The van der Waals surface area contributed by atoms with Gasteiger partial charge in [0.05, 0.1) is 22.2 Å². The average molecular weight is 315 g/mol. The third-order valence-electron chi connectivity index (χ3n) is 3.42. The highest BCUT2D eigenvalue weighted by Crippen LogP contribution is 2.26. The summed E-state index contributed by atoms with van der Waals surface area (Å²) in [6.45, 7) is 5.90. The van der Waals surface area contributed by atoms with Crippen LogP contribution in [-0.4, -0.2) is 29.5 Å². The van der Waals surface area contributed by atoms with Gasteiger partial charge < -0.3 is 4.57 Å². The van der Waals surface area contributed by atoms with Gasteiger partial charge in [0.2, 0.25) is 0 Å². The van der Waals surface area contributed by atoms with Crippen molar-refractivity contribution in [3.63, 3.8) is 0 Å². The van der Waals surface area contributed by atoms with Crippen LogP contribution in [0.15, 0.2) is 18.2 Å². The summed E-state index contributed by atoms with van der Waals surface area (Å²) < 4.78 is 25.4. The summed E-state index contributed by atoms with van der Waals surface area (Å²) in [6, 6.07) is 5.87. The Bertz CT molecular complexity index is 720. The van der Waals surface area contributed by atoms with Crippen LogP contribution in [0.4, 0.5) is 0 Å². The molecule has 20 heavy (non-hydrogen) atoms. The summed E-state index contributed by atoms with van der Waals surface area (Å²) >= 11 is 6.18. The molecule has 4 nitrogen and oxygen atoms in total. The number of rotatable bonds is 5. The molecule has 110 valence electrons. The Morgan fingerprint density at radius 3 is 2.70 bits per heavy atom. The van der Waals surface area contributed by atoms with E-state index in [4.69, 9.17) is 11.6 Å². The molecule has 1 aromatic heterocycles. The molecule has 0 amide bonds. The van der Waals surface area contributed by atoms with Gasteiger partial charge in [-0.15, -0.1) is 11.6 Å². The number of fused-ring (bicyclic) bond motifs is 1. The van der Waals surface area contributed by atoms with Crippen LogP contribution in [0.3, 0.4) is 0 Å². The van der Waals surface area contributed by atoms with Crippen LogP contribution >= 0.6 is 11.6 Å². The van der Waals surface area contributed by atoms with Crippen molar-refractivity contribution in [1.29, 1.82) is 0 Å². The summed E-state index contributed by atoms with van der Waals surface area (Å²) in [5.74, 6) is 0.992. The fourth-order valence-electron chi connectivity index (χ4n) is 2.29. The van der Waals surface area contributed by atoms with Gasteiger partial charge in [0.15, 0.2) is 9.84 Å². The van der Waals surface area contributed by atoms with Crippen LogP contribution < -0.4 is 0 Å². The lowest BCUT2D eigenvalue weighted by Gasteiger charge is -2.11. The number of hydrogen-bond donors (Lipinski definition) is 0. The van der Waals surface area contributed by atoms with E-state index >= 15 is 0 Å². The van der Waals surface area contributed by atoms with Gasteiger partial charge in [-0.3, -0.25) is 0 Å². The van der Waals surface area contributed by atoms with Gasteiger partial charge in [-0.25, -0.2) is 13.4 Å². The van der Waals surface area contributed by atoms with Crippen LogP contribution in [0.2, 0.25) is 0 Å². The van der Waals surface area contributed by atoms with Crippen LogP contribution in [-0.2, 0) is 16.4 Å². The molecular weight excluding hydrogens is 296 g/mol. The quantitative estimate of drug-likeness (QED) is 0.797. The number of aromatic nitrogens is 2. The van der Waals surface area contributed by atoms with Crippen molar-refractivity contribution in [2.45, 2.75) is 32.7 Å². The molecule has 0 aliphatic rings. The van der Waals surface area contributed by atoms with Gasteiger partial charge in [0.1, 0.15) is 5.82 Å². The third kappa shape index (κ3) is 2.99. The Balaban J connectivity index is 2.51. The van der Waals surface area contributed by atoms with Gasteiger partial charge in [-0.1, -0.05) is 19.1 Å². The lowest BCUT2D eigenvalue weighted by Crippen LogP contribution is -2.16. The molecule has 0 N–H and O–H groups in total. The molecule has 1 atom stereocenters. The highest BCUT2D eigenvalue weighted by molar-refractivity contribution is 7.91. The van der Waals surface area contributed by atoms with Gasteiger partial charge in [-0.05, 0) is 25.5 Å². The van der Waals surface area contributed by atoms with E-state index in [1.165, 1.54) is 0 Å². The van der Waals surface area contributed by atoms with Crippen LogP contribution in [0.25, 0.3) is 11.0 Å². The van der Waals surface area contributed by atoms with Crippen molar-refractivity contribution in [1.82, 2.24) is 9.55 Å². The first-order chi connectivity index (χ1) is 9.35. The summed E-state index contributed by atoms with van der Waals surface area (Å²) in [4.78, 5) is 4.54. The molecule has 1 unspecified atom stereocenters. The molecule has 2 rings (SSSR count). The molecule has 0 fully saturated rings. The Morgan fingerprint density at radius 1 is 1.40 bits per heavy atom. The molecule has 0 saturated heterocycles.